The lowest BCUT2D eigenvalue weighted by atomic mass is 10.1. The number of carbonyl (C=O) groups is 2. The first-order valence-electron chi connectivity index (χ1n) is 14.0. The van der Waals surface area contributed by atoms with Crippen LogP contribution in [0.2, 0.25) is 0 Å². The number of pyridine rings is 2. The third-order valence-electron chi connectivity index (χ3n) is 6.66. The lowest BCUT2D eigenvalue weighted by Crippen LogP contribution is -2.47. The fourth-order valence-corrected chi connectivity index (χ4v) is 4.37. The molecule has 6 N–H and O–H groups in total. The second-order valence-electron chi connectivity index (χ2n) is 9.78. The van der Waals surface area contributed by atoms with Crippen molar-refractivity contribution in [3.8, 4) is 0 Å². The summed E-state index contributed by atoms with van der Waals surface area (Å²) in [5.74, 6) is -1.53. The Labute approximate surface area is 251 Å². The van der Waals surface area contributed by atoms with E-state index in [1.54, 1.807) is 24.5 Å². The van der Waals surface area contributed by atoms with Gasteiger partial charge in [-0.3, -0.25) is 14.8 Å². The van der Waals surface area contributed by atoms with Crippen molar-refractivity contribution in [3.63, 3.8) is 0 Å². The third kappa shape index (κ3) is 9.82. The molecule has 9 heteroatoms. The van der Waals surface area contributed by atoms with E-state index in [1.807, 2.05) is 66.7 Å². The van der Waals surface area contributed by atoms with Crippen LogP contribution in [-0.4, -0.2) is 39.5 Å². The number of carbonyl (C=O) groups excluding carboxylic acids is 1. The zero-order chi connectivity index (χ0) is 30.3. The highest BCUT2D eigenvalue weighted by Crippen LogP contribution is 2.17. The molecule has 9 nitrogen and oxygen atoms in total. The summed E-state index contributed by atoms with van der Waals surface area (Å²) in [7, 11) is 0. The molecular formula is C34H36N6O3. The van der Waals surface area contributed by atoms with Gasteiger partial charge in [-0.25, -0.2) is 4.79 Å². The van der Waals surface area contributed by atoms with Gasteiger partial charge >= 0.3 is 5.97 Å². The number of carboxylic acid groups (broad SMARTS) is 1. The van der Waals surface area contributed by atoms with Gasteiger partial charge in [-0.2, -0.15) is 0 Å². The predicted molar refractivity (Wildman–Crippen MR) is 168 cm³/mol. The Bertz CT molecular complexity index is 1580. The molecule has 2 heterocycles. The quantitative estimate of drug-likeness (QED) is 0.150. The number of rotatable bonds is 12. The smallest absolute Gasteiger partial charge is 0.327 e. The topological polar surface area (TPSA) is 142 Å². The molecular weight excluding hydrogens is 540 g/mol. The lowest BCUT2D eigenvalue weighted by molar-refractivity contribution is -0.139. The first kappa shape index (κ1) is 31.0. The zero-order valence-corrected chi connectivity index (χ0v) is 23.8. The van der Waals surface area contributed by atoms with Crippen LogP contribution >= 0.6 is 0 Å². The summed E-state index contributed by atoms with van der Waals surface area (Å²) in [6, 6.07) is 31.8. The Kier molecular flexibility index (Phi) is 11.9. The number of hydrogen-bond donors (Lipinski definition) is 5. The minimum Gasteiger partial charge on any atom is -0.480 e. The third-order valence-corrected chi connectivity index (χ3v) is 6.66. The van der Waals surface area contributed by atoms with Gasteiger partial charge in [-0.05, 0) is 58.3 Å². The SMILES string of the molecule is NCc1cccc2ccccc12.O=C(N[C@@H](CNCc1ccccn1)C(=O)O)c1ccc(CNCc2ccccn2)cc1. The summed E-state index contributed by atoms with van der Waals surface area (Å²) in [5, 5.41) is 20.8. The van der Waals surface area contributed by atoms with E-state index in [-0.39, 0.29) is 6.54 Å². The van der Waals surface area contributed by atoms with Gasteiger partial charge in [0.15, 0.2) is 0 Å². The second-order valence-corrected chi connectivity index (χ2v) is 9.78. The molecule has 5 aromatic rings. The second kappa shape index (κ2) is 16.5. The van der Waals surface area contributed by atoms with Crippen molar-refractivity contribution in [3.05, 3.63) is 144 Å². The van der Waals surface area contributed by atoms with Crippen LogP contribution in [0.4, 0.5) is 0 Å². The van der Waals surface area contributed by atoms with Crippen molar-refractivity contribution in [1.82, 2.24) is 25.9 Å². The van der Waals surface area contributed by atoms with E-state index in [0.717, 1.165) is 17.0 Å². The lowest BCUT2D eigenvalue weighted by Gasteiger charge is -2.15. The average Bonchev–Trinajstić information content (AvgIpc) is 3.05. The molecule has 0 unspecified atom stereocenters. The summed E-state index contributed by atoms with van der Waals surface area (Å²) < 4.78 is 0. The zero-order valence-electron chi connectivity index (χ0n) is 23.8. The Hall–Kier alpha value is -4.96. The number of fused-ring (bicyclic) bond motifs is 1. The molecule has 0 aliphatic rings. The van der Waals surface area contributed by atoms with E-state index >= 15 is 0 Å². The summed E-state index contributed by atoms with van der Waals surface area (Å²) in [5.41, 5.74) is 10.0. The molecule has 43 heavy (non-hydrogen) atoms. The van der Waals surface area contributed by atoms with Gasteiger partial charge in [-0.1, -0.05) is 66.7 Å². The average molecular weight is 577 g/mol. The van der Waals surface area contributed by atoms with Crippen molar-refractivity contribution >= 4 is 22.6 Å². The number of hydrogen-bond acceptors (Lipinski definition) is 7. The van der Waals surface area contributed by atoms with Crippen molar-refractivity contribution in [2.24, 2.45) is 5.73 Å². The fraction of sp³-hybridized carbons (Fsp3) is 0.176. The minimum atomic E-state index is -1.10. The van der Waals surface area contributed by atoms with Crippen LogP contribution in [0.3, 0.4) is 0 Å². The highest BCUT2D eigenvalue weighted by atomic mass is 16.4. The Balaban J connectivity index is 0.000000292. The number of amides is 1. The monoisotopic (exact) mass is 576 g/mol. The standard InChI is InChI=1S/C23H25N5O3.C11H11N/c29-22(28-21(23(30)31)16-25-15-20-6-2-4-12-27-20)18-9-7-17(8-10-18)13-24-14-19-5-1-3-11-26-19;12-8-10-6-3-5-9-4-1-2-7-11(9)10/h1-12,21,24-25H,13-16H2,(H,28,29)(H,30,31);1-7H,8,12H2/t21-;/m0./s1. The Morgan fingerprint density at radius 1 is 0.721 bits per heavy atom. The minimum absolute atomic E-state index is 0.0904. The van der Waals surface area contributed by atoms with Crippen LogP contribution < -0.4 is 21.7 Å². The maximum Gasteiger partial charge on any atom is 0.327 e. The molecule has 2 aromatic heterocycles. The predicted octanol–water partition coefficient (Wildman–Crippen LogP) is 4.04. The van der Waals surface area contributed by atoms with Crippen molar-refractivity contribution in [1.29, 1.82) is 0 Å². The highest BCUT2D eigenvalue weighted by molar-refractivity contribution is 5.96. The Morgan fingerprint density at radius 2 is 1.35 bits per heavy atom. The van der Waals surface area contributed by atoms with Crippen LogP contribution in [0, 0.1) is 0 Å². The van der Waals surface area contributed by atoms with Crippen molar-refractivity contribution in [2.45, 2.75) is 32.2 Å². The van der Waals surface area contributed by atoms with Gasteiger partial charge in [0, 0.05) is 50.7 Å². The van der Waals surface area contributed by atoms with Crippen molar-refractivity contribution < 1.29 is 14.7 Å². The van der Waals surface area contributed by atoms with Crippen molar-refractivity contribution in [2.75, 3.05) is 6.54 Å². The first-order valence-corrected chi connectivity index (χ1v) is 14.0. The van der Waals surface area contributed by atoms with E-state index in [0.29, 0.717) is 31.7 Å². The number of nitrogens with zero attached hydrogens (tertiary/aromatic N) is 2. The summed E-state index contributed by atoms with van der Waals surface area (Å²) in [6.07, 6.45) is 3.42. The molecule has 0 spiro atoms. The molecule has 3 aromatic carbocycles. The Morgan fingerprint density at radius 3 is 1.98 bits per heavy atom. The van der Waals surface area contributed by atoms with Crippen LogP contribution in [0.1, 0.15) is 32.9 Å². The molecule has 0 fully saturated rings. The van der Waals surface area contributed by atoms with Crippen LogP contribution in [0.5, 0.6) is 0 Å². The van der Waals surface area contributed by atoms with E-state index in [2.05, 4.69) is 50.2 Å². The van der Waals surface area contributed by atoms with Gasteiger partial charge in [0.2, 0.25) is 0 Å². The summed E-state index contributed by atoms with van der Waals surface area (Å²) in [4.78, 5) is 32.4. The molecule has 0 bridgehead atoms. The largest absolute Gasteiger partial charge is 0.480 e. The molecule has 0 aliphatic heterocycles. The van der Waals surface area contributed by atoms with E-state index in [9.17, 15) is 14.7 Å². The van der Waals surface area contributed by atoms with Gasteiger partial charge in [-0.15, -0.1) is 0 Å². The van der Waals surface area contributed by atoms with Crippen LogP contribution in [0.25, 0.3) is 10.8 Å². The number of nitrogens with one attached hydrogen (secondary N) is 3. The molecule has 1 amide bonds. The number of aliphatic carboxylic acids is 1. The first-order chi connectivity index (χ1) is 21.0. The summed E-state index contributed by atoms with van der Waals surface area (Å²) >= 11 is 0. The van der Waals surface area contributed by atoms with Gasteiger partial charge < -0.3 is 26.8 Å². The van der Waals surface area contributed by atoms with E-state index in [1.165, 1.54) is 16.3 Å². The maximum atomic E-state index is 12.5. The molecule has 1 atom stereocenters. The normalized spacial score (nSPS) is 11.3. The number of aromatic nitrogens is 2. The maximum absolute atomic E-state index is 12.5. The number of benzene rings is 3. The molecule has 0 saturated carbocycles. The van der Waals surface area contributed by atoms with Gasteiger partial charge in [0.25, 0.3) is 5.91 Å². The van der Waals surface area contributed by atoms with E-state index < -0.39 is 17.9 Å². The van der Waals surface area contributed by atoms with E-state index in [4.69, 9.17) is 5.73 Å². The highest BCUT2D eigenvalue weighted by Gasteiger charge is 2.20. The molecule has 0 aliphatic carbocycles. The summed E-state index contributed by atoms with van der Waals surface area (Å²) in [6.45, 7) is 2.40. The molecule has 5 rings (SSSR count). The molecule has 0 saturated heterocycles. The van der Waals surface area contributed by atoms with Gasteiger partial charge in [0.05, 0.1) is 11.4 Å². The van der Waals surface area contributed by atoms with Crippen LogP contribution in [-0.2, 0) is 31.0 Å². The number of carboxylic acids is 1. The molecule has 0 radical (unpaired) electrons. The van der Waals surface area contributed by atoms with Gasteiger partial charge in [0.1, 0.15) is 6.04 Å². The van der Waals surface area contributed by atoms with Crippen LogP contribution in [0.15, 0.2) is 116 Å². The fourth-order valence-electron chi connectivity index (χ4n) is 4.37. The molecule has 220 valence electrons. The number of nitrogens with two attached hydrogens (primary N) is 1.